The summed E-state index contributed by atoms with van der Waals surface area (Å²) < 4.78 is 6.79. The number of rotatable bonds is 7. The molecule has 1 nitrogen and oxygen atoms in total. The molecule has 0 saturated carbocycles. The van der Waals surface area contributed by atoms with Gasteiger partial charge in [0.1, 0.15) is 0 Å². The quantitative estimate of drug-likeness (QED) is 0.363. The molecular formula is C20H40OSi. The molecule has 0 spiro atoms. The monoisotopic (exact) mass is 324 g/mol. The van der Waals surface area contributed by atoms with Gasteiger partial charge in [-0.3, -0.25) is 0 Å². The Bertz CT molecular complexity index is 394. The zero-order valence-electron chi connectivity index (χ0n) is 17.0. The summed E-state index contributed by atoms with van der Waals surface area (Å²) in [6, 6.07) is 0. The van der Waals surface area contributed by atoms with Crippen LogP contribution in [0.25, 0.3) is 0 Å². The van der Waals surface area contributed by atoms with Gasteiger partial charge < -0.3 is 4.43 Å². The van der Waals surface area contributed by atoms with Crippen LogP contribution in [0.1, 0.15) is 68.7 Å². The van der Waals surface area contributed by atoms with Crippen LogP contribution < -0.4 is 0 Å². The van der Waals surface area contributed by atoms with Crippen LogP contribution in [0.2, 0.25) is 18.1 Å². The zero-order chi connectivity index (χ0) is 17.7. The van der Waals surface area contributed by atoms with Crippen molar-refractivity contribution in [2.75, 3.05) is 0 Å². The molecule has 0 saturated heterocycles. The third kappa shape index (κ3) is 6.42. The highest BCUT2D eigenvalue weighted by Gasteiger charge is 2.41. The number of allylic oxidation sites excluding steroid dienone is 3. The lowest BCUT2D eigenvalue weighted by Crippen LogP contribution is -2.46. The Labute approximate surface area is 141 Å². The van der Waals surface area contributed by atoms with Gasteiger partial charge in [0, 0.05) is 0 Å². The first-order valence-corrected chi connectivity index (χ1v) is 11.7. The Morgan fingerprint density at radius 1 is 1.09 bits per heavy atom. The Balaban J connectivity index is 5.27. The van der Waals surface area contributed by atoms with Gasteiger partial charge in [-0.1, -0.05) is 52.3 Å². The molecule has 0 fully saturated rings. The van der Waals surface area contributed by atoms with Crippen molar-refractivity contribution < 1.29 is 4.43 Å². The maximum Gasteiger partial charge on any atom is 0.192 e. The first-order chi connectivity index (χ1) is 9.83. The lowest BCUT2D eigenvalue weighted by Gasteiger charge is -2.42. The van der Waals surface area contributed by atoms with E-state index in [0.29, 0.717) is 11.8 Å². The fourth-order valence-electron chi connectivity index (χ4n) is 2.21. The molecule has 2 heteroatoms. The van der Waals surface area contributed by atoms with E-state index >= 15 is 0 Å². The highest BCUT2D eigenvalue weighted by atomic mass is 28.4. The first kappa shape index (κ1) is 21.7. The maximum absolute atomic E-state index is 6.79. The second kappa shape index (κ2) is 8.49. The van der Waals surface area contributed by atoms with Crippen molar-refractivity contribution in [2.24, 2.45) is 11.8 Å². The summed E-state index contributed by atoms with van der Waals surface area (Å²) in [7, 11) is -1.76. The highest BCUT2D eigenvalue weighted by molar-refractivity contribution is 6.74. The second-order valence-corrected chi connectivity index (χ2v) is 13.4. The Kier molecular flexibility index (Phi) is 8.36. The van der Waals surface area contributed by atoms with Crippen LogP contribution in [0.3, 0.4) is 0 Å². The molecule has 130 valence electrons. The van der Waals surface area contributed by atoms with Crippen LogP contribution >= 0.6 is 0 Å². The zero-order valence-corrected chi connectivity index (χ0v) is 18.0. The van der Waals surface area contributed by atoms with E-state index in [2.05, 4.69) is 87.6 Å². The summed E-state index contributed by atoms with van der Waals surface area (Å²) in [6.45, 7) is 25.1. The highest BCUT2D eigenvalue weighted by Crippen LogP contribution is 2.40. The molecule has 0 N–H and O–H groups in total. The molecule has 0 aromatic rings. The molecule has 0 amide bonds. The number of hydrogen-bond donors (Lipinski definition) is 0. The molecule has 0 bridgehead atoms. The minimum Gasteiger partial charge on any atom is -0.410 e. The van der Waals surface area contributed by atoms with Crippen LogP contribution in [-0.2, 0) is 4.43 Å². The fourth-order valence-corrected chi connectivity index (χ4v) is 3.60. The summed E-state index contributed by atoms with van der Waals surface area (Å²) in [5.41, 5.74) is 2.78. The summed E-state index contributed by atoms with van der Waals surface area (Å²) in [4.78, 5) is 0. The predicted octanol–water partition coefficient (Wildman–Crippen LogP) is 6.97. The maximum atomic E-state index is 6.79. The normalized spacial score (nSPS) is 17.9. The molecule has 0 aliphatic heterocycles. The summed E-state index contributed by atoms with van der Waals surface area (Å²) in [5, 5.41) is 0.252. The molecule has 0 aliphatic rings. The summed E-state index contributed by atoms with van der Waals surface area (Å²) in [6.07, 6.45) is 5.96. The summed E-state index contributed by atoms with van der Waals surface area (Å²) in [5.74, 6) is 1.15. The van der Waals surface area contributed by atoms with Gasteiger partial charge in [-0.25, -0.2) is 0 Å². The SMILES string of the molecule is C/C=C(\C)[C@@H](O[Si](C)(C)C(C)(C)C)[C@@H](C)[C@@H](C)CC=C(C)C. The Morgan fingerprint density at radius 3 is 1.95 bits per heavy atom. The van der Waals surface area contributed by atoms with Crippen LogP contribution in [-0.4, -0.2) is 14.4 Å². The molecule has 3 atom stereocenters. The molecular weight excluding hydrogens is 284 g/mol. The van der Waals surface area contributed by atoms with Crippen LogP contribution in [0.15, 0.2) is 23.3 Å². The van der Waals surface area contributed by atoms with Gasteiger partial charge in [0.05, 0.1) is 6.10 Å². The molecule has 0 unspecified atom stereocenters. The van der Waals surface area contributed by atoms with Gasteiger partial charge in [0.25, 0.3) is 0 Å². The third-order valence-corrected chi connectivity index (χ3v) is 9.86. The standard InChI is InChI=1S/C20H40OSi/c1-12-16(4)19(21-22(10,11)20(7,8)9)18(6)17(5)14-13-15(2)3/h12-13,17-19H,14H2,1-11H3/b16-12+/t17-,18-,19+/m0/s1. The van der Waals surface area contributed by atoms with Gasteiger partial charge in [-0.2, -0.15) is 0 Å². The Hall–Kier alpha value is -0.343. The van der Waals surface area contributed by atoms with E-state index < -0.39 is 8.32 Å². The Morgan fingerprint density at radius 2 is 1.59 bits per heavy atom. The van der Waals surface area contributed by atoms with Crippen molar-refractivity contribution >= 4 is 8.32 Å². The molecule has 0 radical (unpaired) electrons. The van der Waals surface area contributed by atoms with Gasteiger partial charge in [0.2, 0.25) is 0 Å². The molecule has 0 aromatic carbocycles. The average Bonchev–Trinajstić information content (AvgIpc) is 2.39. The second-order valence-electron chi connectivity index (χ2n) is 8.69. The van der Waals surface area contributed by atoms with Crippen molar-refractivity contribution in [3.8, 4) is 0 Å². The van der Waals surface area contributed by atoms with Gasteiger partial charge in [0.15, 0.2) is 8.32 Å². The third-order valence-electron chi connectivity index (χ3n) is 5.40. The van der Waals surface area contributed by atoms with E-state index in [4.69, 9.17) is 4.43 Å². The van der Waals surface area contributed by atoms with E-state index in [-0.39, 0.29) is 11.1 Å². The van der Waals surface area contributed by atoms with Crippen molar-refractivity contribution in [3.05, 3.63) is 23.3 Å². The van der Waals surface area contributed by atoms with E-state index in [0.717, 1.165) is 6.42 Å². The van der Waals surface area contributed by atoms with E-state index in [9.17, 15) is 0 Å². The van der Waals surface area contributed by atoms with Crippen LogP contribution in [0, 0.1) is 11.8 Å². The number of hydrogen-bond acceptors (Lipinski definition) is 1. The molecule has 22 heavy (non-hydrogen) atoms. The van der Waals surface area contributed by atoms with E-state index in [1.807, 2.05) is 0 Å². The van der Waals surface area contributed by atoms with E-state index in [1.54, 1.807) is 0 Å². The smallest absolute Gasteiger partial charge is 0.192 e. The molecule has 0 aliphatic carbocycles. The summed E-state index contributed by atoms with van der Waals surface area (Å²) >= 11 is 0. The minimum atomic E-state index is -1.76. The van der Waals surface area contributed by atoms with Crippen LogP contribution in [0.5, 0.6) is 0 Å². The molecule has 0 rings (SSSR count). The van der Waals surface area contributed by atoms with Crippen molar-refractivity contribution in [3.63, 3.8) is 0 Å². The first-order valence-electron chi connectivity index (χ1n) is 8.77. The van der Waals surface area contributed by atoms with Crippen molar-refractivity contribution in [1.29, 1.82) is 0 Å². The van der Waals surface area contributed by atoms with Gasteiger partial charge >= 0.3 is 0 Å². The van der Waals surface area contributed by atoms with Crippen LogP contribution in [0.4, 0.5) is 0 Å². The lowest BCUT2D eigenvalue weighted by atomic mass is 9.85. The average molecular weight is 325 g/mol. The van der Waals surface area contributed by atoms with Crippen molar-refractivity contribution in [2.45, 2.75) is 93.0 Å². The van der Waals surface area contributed by atoms with Gasteiger partial charge in [-0.05, 0) is 69.7 Å². The van der Waals surface area contributed by atoms with Crippen molar-refractivity contribution in [1.82, 2.24) is 0 Å². The minimum absolute atomic E-state index is 0.242. The fraction of sp³-hybridized carbons (Fsp3) is 0.800. The van der Waals surface area contributed by atoms with E-state index in [1.165, 1.54) is 11.1 Å². The lowest BCUT2D eigenvalue weighted by molar-refractivity contribution is 0.126. The van der Waals surface area contributed by atoms with Gasteiger partial charge in [-0.15, -0.1) is 0 Å². The predicted molar refractivity (Wildman–Crippen MR) is 104 cm³/mol. The molecule has 0 heterocycles. The molecule has 0 aromatic heterocycles. The largest absolute Gasteiger partial charge is 0.410 e. The topological polar surface area (TPSA) is 9.23 Å².